The molecule has 0 aliphatic heterocycles. The van der Waals surface area contributed by atoms with E-state index in [1.807, 2.05) is 0 Å². The van der Waals surface area contributed by atoms with Gasteiger partial charge in [0.15, 0.2) is 25.6 Å². The molecule has 0 aromatic heterocycles. The molecule has 11 nitrogen and oxygen atoms in total. The lowest BCUT2D eigenvalue weighted by atomic mass is 10.00. The van der Waals surface area contributed by atoms with Crippen molar-refractivity contribution in [3.63, 3.8) is 0 Å². The lowest BCUT2D eigenvalue weighted by molar-refractivity contribution is 0.100. The van der Waals surface area contributed by atoms with Crippen LogP contribution >= 0.6 is 11.6 Å². The summed E-state index contributed by atoms with van der Waals surface area (Å²) in [6.45, 7) is 3.28. The van der Waals surface area contributed by atoms with Crippen LogP contribution in [0, 0.1) is 13.8 Å². The summed E-state index contributed by atoms with van der Waals surface area (Å²) in [6, 6.07) is 5.46. The molecule has 0 saturated heterocycles. The number of hydrogen-bond donors (Lipinski definition) is 2. The Bertz CT molecular complexity index is 1760. The van der Waals surface area contributed by atoms with Crippen molar-refractivity contribution in [2.45, 2.75) is 82.5 Å². The number of amides is 1. The first kappa shape index (κ1) is 35.0. The van der Waals surface area contributed by atoms with E-state index >= 15 is 0 Å². The van der Waals surface area contributed by atoms with E-state index in [1.54, 1.807) is 13.8 Å². The molecule has 236 valence electrons. The van der Waals surface area contributed by atoms with Gasteiger partial charge in [-0.05, 0) is 86.5 Å². The molecule has 0 spiro atoms. The van der Waals surface area contributed by atoms with Crippen molar-refractivity contribution >= 4 is 70.0 Å². The summed E-state index contributed by atoms with van der Waals surface area (Å²) in [4.78, 5) is 27.1. The van der Waals surface area contributed by atoms with E-state index in [0.29, 0.717) is 11.1 Å². The molecular formula is C27H34ClN3O8S4. The van der Waals surface area contributed by atoms with Gasteiger partial charge in [-0.2, -0.15) is 4.99 Å². The quantitative estimate of drug-likeness (QED) is 0.235. The number of guanidine groups is 1. The van der Waals surface area contributed by atoms with Gasteiger partial charge in [-0.3, -0.25) is 18.0 Å². The van der Waals surface area contributed by atoms with Crippen molar-refractivity contribution in [3.05, 3.63) is 46.5 Å². The number of carbonyl (C=O) groups excluding carboxylic acids is 2. The van der Waals surface area contributed by atoms with E-state index in [2.05, 4.69) is 4.99 Å². The molecule has 2 unspecified atom stereocenters. The molecule has 16 heteroatoms. The van der Waals surface area contributed by atoms with Crippen molar-refractivity contribution in [2.75, 3.05) is 12.5 Å². The molecule has 0 bridgehead atoms. The van der Waals surface area contributed by atoms with E-state index in [0.717, 1.165) is 51.0 Å². The van der Waals surface area contributed by atoms with Crippen LogP contribution in [0.1, 0.15) is 70.4 Å². The molecule has 2 aromatic carbocycles. The average molecular weight is 692 g/mol. The molecule has 2 aliphatic rings. The maximum absolute atomic E-state index is 12.6. The Labute approximate surface area is 261 Å². The molecule has 43 heavy (non-hydrogen) atoms. The topological polar surface area (TPSA) is 201 Å². The minimum absolute atomic E-state index is 0.00690. The summed E-state index contributed by atoms with van der Waals surface area (Å²) >= 11 is 5.45. The molecule has 4 N–H and O–H groups in total. The maximum Gasteiger partial charge on any atom is 0.280 e. The number of sulfone groups is 2. The van der Waals surface area contributed by atoms with Crippen molar-refractivity contribution in [3.8, 4) is 0 Å². The molecule has 2 atom stereocenters. The number of benzene rings is 2. The largest absolute Gasteiger partial charge is 0.370 e. The standard InChI is InChI=1S/C14H19N3O4S2.C13H15ClO4S2/c1-8-6-11(22(19)9-4-3-5-9)12(23(2,20)21)7-10(8)13(18)17-14(15)16;1-8-6-11(19(16)9-4-3-5-9)12(20(2,17)18)7-10(8)13(14)15/h6-7,9H,3-5H2,1-2H3,(H4,15,16,17,18);6-7,9H,3-5H2,1-2H3. The Morgan fingerprint density at radius 3 is 1.44 bits per heavy atom. The van der Waals surface area contributed by atoms with Crippen molar-refractivity contribution in [1.82, 2.24) is 0 Å². The first-order valence-electron chi connectivity index (χ1n) is 13.2. The Morgan fingerprint density at radius 2 is 1.14 bits per heavy atom. The lowest BCUT2D eigenvalue weighted by Crippen LogP contribution is -2.25. The van der Waals surface area contributed by atoms with Crippen LogP contribution < -0.4 is 11.5 Å². The second kappa shape index (κ2) is 13.7. The van der Waals surface area contributed by atoms with Gasteiger partial charge >= 0.3 is 0 Å². The molecule has 2 aromatic rings. The van der Waals surface area contributed by atoms with Crippen LogP contribution in [0.5, 0.6) is 0 Å². The zero-order valence-electron chi connectivity index (χ0n) is 24.1. The number of nitrogens with zero attached hydrogens (tertiary/aromatic N) is 1. The Kier molecular flexibility index (Phi) is 11.1. The van der Waals surface area contributed by atoms with Crippen LogP contribution in [0.2, 0.25) is 0 Å². The van der Waals surface area contributed by atoms with Gasteiger partial charge in [-0.1, -0.05) is 12.8 Å². The number of aryl methyl sites for hydroxylation is 2. The van der Waals surface area contributed by atoms with Gasteiger partial charge < -0.3 is 11.5 Å². The third kappa shape index (κ3) is 8.38. The fraction of sp³-hybridized carbons (Fsp3) is 0.444. The second-order valence-corrected chi connectivity index (χ2v) is 18.3. The highest BCUT2D eigenvalue weighted by molar-refractivity contribution is 7.92. The number of halogens is 1. The molecule has 4 rings (SSSR count). The molecule has 0 heterocycles. The summed E-state index contributed by atoms with van der Waals surface area (Å²) in [5.41, 5.74) is 11.6. The number of nitrogens with two attached hydrogens (primary N) is 2. The monoisotopic (exact) mass is 691 g/mol. The van der Waals surface area contributed by atoms with Crippen LogP contribution in [0.15, 0.2) is 48.8 Å². The fourth-order valence-corrected chi connectivity index (χ4v) is 10.8. The summed E-state index contributed by atoms with van der Waals surface area (Å²) in [5.74, 6) is -1.13. The number of aliphatic imine (C=N–C) groups is 1. The zero-order chi connectivity index (χ0) is 32.4. The van der Waals surface area contributed by atoms with E-state index in [-0.39, 0.29) is 41.2 Å². The van der Waals surface area contributed by atoms with Gasteiger partial charge in [-0.25, -0.2) is 16.8 Å². The van der Waals surface area contributed by atoms with Crippen molar-refractivity contribution in [2.24, 2.45) is 16.5 Å². The van der Waals surface area contributed by atoms with Gasteiger partial charge in [0.05, 0.1) is 41.2 Å². The van der Waals surface area contributed by atoms with Gasteiger partial charge in [0.1, 0.15) is 0 Å². The lowest BCUT2D eigenvalue weighted by Gasteiger charge is -2.25. The molecule has 2 saturated carbocycles. The molecule has 2 fully saturated rings. The first-order chi connectivity index (χ1) is 19.8. The normalized spacial score (nSPS) is 17.0. The van der Waals surface area contributed by atoms with E-state index in [4.69, 9.17) is 23.1 Å². The zero-order valence-corrected chi connectivity index (χ0v) is 28.1. The average Bonchev–Trinajstić information content (AvgIpc) is 2.79. The van der Waals surface area contributed by atoms with Crippen LogP contribution in [0.4, 0.5) is 0 Å². The minimum Gasteiger partial charge on any atom is -0.370 e. The van der Waals surface area contributed by atoms with Gasteiger partial charge in [-0.15, -0.1) is 0 Å². The number of rotatable bonds is 8. The SMILES string of the molecule is Cc1cc(S(=O)C2CCC2)c(S(C)(=O)=O)cc1C(=O)Cl.Cc1cc(S(=O)C2CCC2)c(S(C)(=O)=O)cc1C(=O)N=C(N)N. The Balaban J connectivity index is 0.000000238. The van der Waals surface area contributed by atoms with Crippen LogP contribution in [-0.4, -0.2) is 65.4 Å². The van der Waals surface area contributed by atoms with Crippen molar-refractivity contribution < 1.29 is 34.8 Å². The number of hydrogen-bond acceptors (Lipinski definition) is 8. The van der Waals surface area contributed by atoms with Crippen LogP contribution in [0.25, 0.3) is 0 Å². The third-order valence-corrected chi connectivity index (χ3v) is 13.6. The fourth-order valence-electron chi connectivity index (χ4n) is 4.37. The van der Waals surface area contributed by atoms with E-state index in [9.17, 15) is 34.8 Å². The predicted octanol–water partition coefficient (Wildman–Crippen LogP) is 2.91. The van der Waals surface area contributed by atoms with Crippen molar-refractivity contribution in [1.29, 1.82) is 0 Å². The molecule has 2 aliphatic carbocycles. The van der Waals surface area contributed by atoms with Gasteiger partial charge in [0.25, 0.3) is 11.1 Å². The number of carbonyl (C=O) groups is 2. The smallest absolute Gasteiger partial charge is 0.280 e. The highest BCUT2D eigenvalue weighted by atomic mass is 35.5. The molecular weight excluding hydrogens is 658 g/mol. The maximum atomic E-state index is 12.6. The summed E-state index contributed by atoms with van der Waals surface area (Å²) in [6.07, 6.45) is 7.37. The van der Waals surface area contributed by atoms with Crippen LogP contribution in [0.3, 0.4) is 0 Å². The summed E-state index contributed by atoms with van der Waals surface area (Å²) in [7, 11) is -10.0. The second-order valence-electron chi connectivity index (χ2n) is 10.6. The molecule has 1 amide bonds. The third-order valence-electron chi connectivity index (χ3n) is 7.20. The predicted molar refractivity (Wildman–Crippen MR) is 167 cm³/mol. The summed E-state index contributed by atoms with van der Waals surface area (Å²) in [5, 5.41) is -0.741. The first-order valence-corrected chi connectivity index (χ1v) is 19.8. The van der Waals surface area contributed by atoms with Gasteiger partial charge in [0.2, 0.25) is 0 Å². The highest BCUT2D eigenvalue weighted by Crippen LogP contribution is 2.34. The van der Waals surface area contributed by atoms with E-state index < -0.39 is 58.4 Å². The summed E-state index contributed by atoms with van der Waals surface area (Å²) < 4.78 is 73.0. The minimum atomic E-state index is -3.65. The Morgan fingerprint density at radius 1 is 0.767 bits per heavy atom. The molecule has 0 radical (unpaired) electrons. The van der Waals surface area contributed by atoms with E-state index in [1.165, 1.54) is 24.3 Å². The van der Waals surface area contributed by atoms with Gasteiger partial charge in [0, 0.05) is 34.1 Å². The van der Waals surface area contributed by atoms with Crippen LogP contribution in [-0.2, 0) is 41.3 Å². The Hall–Kier alpha value is -2.46. The highest BCUT2D eigenvalue weighted by Gasteiger charge is 2.31.